The van der Waals surface area contributed by atoms with Gasteiger partial charge in [0.2, 0.25) is 14.9 Å². The molecule has 0 saturated carbocycles. The van der Waals surface area contributed by atoms with Crippen LogP contribution < -0.4 is 78.6 Å². The molecule has 0 atom stereocenters. The van der Waals surface area contributed by atoms with Gasteiger partial charge in [-0.25, -0.2) is 0 Å². The summed E-state index contributed by atoms with van der Waals surface area (Å²) in [6.45, 7) is 28.5. The molecule has 4 aliphatic heterocycles. The minimum Gasteiger partial charge on any atom is -0.406 e. The molecule has 0 fully saturated rings. The highest BCUT2D eigenvalue weighted by Crippen LogP contribution is 2.52. The molecule has 18 aromatic rings. The minimum absolute atomic E-state index is 0. The highest BCUT2D eigenvalue weighted by Gasteiger charge is 2.47. The van der Waals surface area contributed by atoms with Gasteiger partial charge in [-0.1, -0.05) is 402 Å². The lowest BCUT2D eigenvalue weighted by atomic mass is 9.31. The molecule has 17 heteroatoms. The normalized spacial score (nSPS) is 12.3. The number of para-hydroxylation sites is 10. The second kappa shape index (κ2) is 45.9. The summed E-state index contributed by atoms with van der Waals surface area (Å²) in [5.74, 6) is 2.35. The summed E-state index contributed by atoms with van der Waals surface area (Å²) in [6, 6.07) is 159. The SMILES string of the molecule is BrB(Br)Br.C.CC(C)c1cc(C(C)C)c(B2c3ccccc3Sc3cc(N(c4ccccc4)c4cc(N(c5ccccc5)c5ccccc5)cc(N(c5ccccc5)c5ccccc5)c4)ccc32)c(C(C)C)c1.CC(C)c1cc(C(C)C)c(B2c3ccccc3Sc3cc4c(cc32)B2c3ccccc3N(c3ccccc3)c3cc(N(c5ccccc5)c5ccccc5)cc(c32)N4c2ccccc2)c(C(C)C)c1.[2H]OC[B].[HH]. The highest BCUT2D eigenvalue weighted by atomic mass is 79.9. The van der Waals surface area contributed by atoms with Crippen LogP contribution >= 0.6 is 70.8 Å². The Bertz CT molecular complexity index is 7270. The fourth-order valence-electron chi connectivity index (χ4n) is 21.4. The average molecular weight is 2120 g/mol. The first kappa shape index (κ1) is 101. The number of halogens is 3. The van der Waals surface area contributed by atoms with E-state index in [1.165, 1.54) is 125 Å². The van der Waals surface area contributed by atoms with Gasteiger partial charge in [-0.05, 0) is 261 Å². The van der Waals surface area contributed by atoms with Gasteiger partial charge < -0.3 is 34.5 Å². The van der Waals surface area contributed by atoms with E-state index in [0.29, 0.717) is 35.5 Å². The van der Waals surface area contributed by atoms with Crippen LogP contribution in [-0.2, 0) is 0 Å². The van der Waals surface area contributed by atoms with Crippen LogP contribution in [0.3, 0.4) is 0 Å². The van der Waals surface area contributed by atoms with E-state index < -0.39 is 0 Å². The van der Waals surface area contributed by atoms with Crippen LogP contribution in [-0.4, -0.2) is 44.2 Å². The summed E-state index contributed by atoms with van der Waals surface area (Å²) in [4.78, 5) is 20.0. The maximum Gasteiger partial charge on any atom is 0.369 e. The summed E-state index contributed by atoms with van der Waals surface area (Å²) in [5, 5.41) is 3.57. The van der Waals surface area contributed by atoms with E-state index in [4.69, 9.17) is 1.43 Å². The predicted octanol–water partition coefficient (Wildman–Crippen LogP) is 32.2. The summed E-state index contributed by atoms with van der Waals surface area (Å²) in [5.41, 5.74) is 41.2. The van der Waals surface area contributed by atoms with Crippen LogP contribution in [0.1, 0.15) is 161 Å². The molecule has 4 heterocycles. The van der Waals surface area contributed by atoms with Crippen molar-refractivity contribution in [1.29, 1.82) is 1.43 Å². The Morgan fingerprint density at radius 1 is 0.269 bits per heavy atom. The summed E-state index contributed by atoms with van der Waals surface area (Å²) in [7, 11) is 4.62. The maximum atomic E-state index is 5.83. The van der Waals surface area contributed by atoms with Crippen molar-refractivity contribution in [3.8, 4) is 0 Å². The van der Waals surface area contributed by atoms with Gasteiger partial charge in [-0.3, -0.25) is 0 Å². The number of benzene rings is 18. The van der Waals surface area contributed by atoms with Crippen molar-refractivity contribution in [2.24, 2.45) is 0 Å². The molecule has 22 rings (SSSR count). The second-order valence-corrected chi connectivity index (χ2v) is 47.6. The Morgan fingerprint density at radius 2 is 0.538 bits per heavy atom. The monoisotopic (exact) mass is 2120 g/mol. The fourth-order valence-corrected chi connectivity index (χ4v) is 23.7. The molecule has 0 unspecified atom stereocenters. The lowest BCUT2D eigenvalue weighted by Gasteiger charge is -2.45. The third kappa shape index (κ3) is 21.2. The first-order valence-electron chi connectivity index (χ1n) is 50.6. The lowest BCUT2D eigenvalue weighted by molar-refractivity contribution is 0.369. The minimum atomic E-state index is -0.0392. The zero-order valence-corrected chi connectivity index (χ0v) is 90.0. The molecule has 0 amide bonds. The molecule has 1 N–H and O–H groups in total. The molecule has 718 valence electrons. The molecule has 0 saturated heterocycles. The largest absolute Gasteiger partial charge is 0.406 e. The maximum absolute atomic E-state index is 5.83. The smallest absolute Gasteiger partial charge is 0.369 e. The number of hydrogen-bond acceptors (Lipinski definition) is 9. The van der Waals surface area contributed by atoms with Crippen molar-refractivity contribution < 1.29 is 6.54 Å². The molecule has 7 nitrogen and oxygen atoms in total. The Balaban J connectivity index is 0.000000185. The second-order valence-electron chi connectivity index (χ2n) is 39.0. The summed E-state index contributed by atoms with van der Waals surface area (Å²) < 4.78 is 6.10. The Hall–Kier alpha value is -12.8. The first-order valence-corrected chi connectivity index (χ1v) is 54.6. The Kier molecular flexibility index (Phi) is 31.9. The van der Waals surface area contributed by atoms with Crippen molar-refractivity contribution >= 4 is 254 Å². The number of hydrogen-bond donors (Lipinski definition) is 1. The van der Waals surface area contributed by atoms with Gasteiger partial charge in [0.15, 0.2) is 0 Å². The van der Waals surface area contributed by atoms with Crippen LogP contribution in [0.5, 0.6) is 0 Å². The molecule has 0 spiro atoms. The number of anilines is 18. The zero-order chi connectivity index (χ0) is 101. The van der Waals surface area contributed by atoms with Crippen molar-refractivity contribution in [3.63, 3.8) is 0 Å². The van der Waals surface area contributed by atoms with E-state index in [1.54, 1.807) is 0 Å². The number of aliphatic hydroxyl groups is 1. The van der Waals surface area contributed by atoms with Crippen LogP contribution in [0.4, 0.5) is 102 Å². The number of rotatable bonds is 23. The van der Waals surface area contributed by atoms with Gasteiger partial charge in [0.05, 0.1) is 22.7 Å². The molecule has 2 radical (unpaired) electrons. The number of nitrogens with zero attached hydrogens (tertiary/aromatic N) is 6. The number of fused-ring (bicyclic) bond motifs is 8. The van der Waals surface area contributed by atoms with Gasteiger partial charge >= 0.3 is 3.18 Å². The van der Waals surface area contributed by atoms with Gasteiger partial charge in [-0.15, -0.1) is 47.3 Å². The standard InChI is InChI=1S/C63H55B2N3S.C63H58BN3S.CH3BO.CH4.BBr3.H2/c1-41(2)44-35-50(42(3)4)62(51(36-44)43(5)6)65-53-32-20-22-34-60(53)69-61-40-57-54(39-55(61)65)64-52-31-19-21-33-56(52)67(47-27-15-9-16-28-47)58-37-49(38-59(63(58)64)68(57)48-29-17-10-18-30-48)66(45-23-11-7-12-24-45)46-25-13-8-14-26-46;1-44(2)47-38-57(45(3)4)63(58(39-47)46(5)6)64-59-34-22-23-35-61(59)68-62-43-53(36-37-60(62)64)67(52-32-20-11-21-33-52)56-41-54(65(48-24-12-7-13-25-48)49-26-14-8-15-27-49)40-55(42-56)66(50-28-16-9-17-29-50)51-30-18-10-19-31-51;2-1-3;;2-1(3)4;/h7-43H,1-6H3;7-46H,1-6H3;3H,1H2;1H4;;1H/i;;3D;;;. The van der Waals surface area contributed by atoms with E-state index in [9.17, 15) is 0 Å². The van der Waals surface area contributed by atoms with Crippen molar-refractivity contribution in [2.75, 3.05) is 35.9 Å². The van der Waals surface area contributed by atoms with Crippen LogP contribution in [0, 0.1) is 0 Å². The van der Waals surface area contributed by atoms with Crippen LogP contribution in [0.2, 0.25) is 0 Å². The predicted molar refractivity (Wildman–Crippen MR) is 648 cm³/mol. The van der Waals surface area contributed by atoms with Gasteiger partial charge in [0.1, 0.15) is 7.85 Å². The molecular weight excluding hydrogens is 2000 g/mol. The molecular formula is C128H122B5Br3N6OS2. The third-order valence-corrected chi connectivity index (χ3v) is 30.2. The lowest BCUT2D eigenvalue weighted by Crippen LogP contribution is -2.64. The molecule has 0 aliphatic carbocycles. The topological polar surface area (TPSA) is 39.7 Å². The van der Waals surface area contributed by atoms with E-state index in [2.05, 4.69) is 603 Å². The molecule has 4 aliphatic rings. The summed E-state index contributed by atoms with van der Waals surface area (Å²) in [6.07, 6.45) is 0. The quantitative estimate of drug-likeness (QED) is 0.0631. The van der Waals surface area contributed by atoms with Gasteiger partial charge in [0, 0.05) is 107 Å². The zero-order valence-electron chi connectivity index (χ0n) is 84.6. The average Bonchev–Trinajstić information content (AvgIpc) is 0.688. The number of aliphatic hydroxyl groups excluding tert-OH is 1. The Morgan fingerprint density at radius 3 is 0.869 bits per heavy atom. The first-order chi connectivity index (χ1) is 70.6. The van der Waals surface area contributed by atoms with Crippen LogP contribution in [0.25, 0.3) is 0 Å². The van der Waals surface area contributed by atoms with Crippen molar-refractivity contribution in [2.45, 2.75) is 146 Å². The van der Waals surface area contributed by atoms with E-state index in [1.807, 2.05) is 23.5 Å². The van der Waals surface area contributed by atoms with Crippen molar-refractivity contribution in [1.82, 2.24) is 0 Å². The Labute approximate surface area is 899 Å². The fraction of sp³-hybridized carbons (Fsp3) is 0.156. The van der Waals surface area contributed by atoms with Crippen molar-refractivity contribution in [3.05, 3.63) is 464 Å². The molecule has 0 bridgehead atoms. The van der Waals surface area contributed by atoms with E-state index in [0.717, 1.165) is 79.6 Å². The van der Waals surface area contributed by atoms with Crippen LogP contribution in [0.15, 0.2) is 450 Å². The third-order valence-electron chi connectivity index (χ3n) is 27.8. The van der Waals surface area contributed by atoms with Gasteiger partial charge in [0.25, 0.3) is 6.71 Å². The molecule has 18 aromatic carbocycles. The highest BCUT2D eigenvalue weighted by molar-refractivity contribution is 9.69. The summed E-state index contributed by atoms with van der Waals surface area (Å²) >= 11 is 13.2. The van der Waals surface area contributed by atoms with Gasteiger partial charge in [-0.2, -0.15) is 0 Å². The molecule has 0 aromatic heterocycles. The van der Waals surface area contributed by atoms with E-state index >= 15 is 0 Å². The molecule has 145 heavy (non-hydrogen) atoms. The van der Waals surface area contributed by atoms with E-state index in [-0.39, 0.29) is 38.7 Å².